The molecule has 0 bridgehead atoms. The van der Waals surface area contributed by atoms with Crippen LogP contribution in [0.5, 0.6) is 0 Å². The molecule has 2 saturated heterocycles. The number of carbonyl (C=O) groups is 2. The number of pyridine rings is 1. The third-order valence-electron chi connectivity index (χ3n) is 4.23. The van der Waals surface area contributed by atoms with Gasteiger partial charge in [-0.3, -0.25) is 14.6 Å². The molecule has 2 aliphatic heterocycles. The van der Waals surface area contributed by atoms with E-state index in [1.54, 1.807) is 6.20 Å². The molecular weight excluding hydrogens is 254 g/mol. The van der Waals surface area contributed by atoms with Gasteiger partial charge in [0.2, 0.25) is 11.8 Å². The lowest BCUT2D eigenvalue weighted by Gasteiger charge is -2.41. The van der Waals surface area contributed by atoms with Crippen molar-refractivity contribution in [1.82, 2.24) is 15.2 Å². The van der Waals surface area contributed by atoms with Gasteiger partial charge in [0, 0.05) is 37.4 Å². The normalized spacial score (nSPS) is 25.8. The van der Waals surface area contributed by atoms with E-state index < -0.39 is 0 Å². The van der Waals surface area contributed by atoms with Crippen molar-refractivity contribution in [3.8, 4) is 0 Å². The van der Waals surface area contributed by atoms with Crippen LogP contribution in [-0.2, 0) is 16.0 Å². The number of nitrogens with zero attached hydrogens (tertiary/aromatic N) is 2. The van der Waals surface area contributed by atoms with Crippen LogP contribution in [0, 0.1) is 5.92 Å². The van der Waals surface area contributed by atoms with Crippen LogP contribution in [0.2, 0.25) is 0 Å². The van der Waals surface area contributed by atoms with Crippen LogP contribution in [0.1, 0.15) is 25.0 Å². The molecule has 3 rings (SSSR count). The lowest BCUT2D eigenvalue weighted by Crippen LogP contribution is -2.55. The van der Waals surface area contributed by atoms with E-state index in [1.165, 1.54) is 0 Å². The first kappa shape index (κ1) is 13.1. The SMILES string of the molecule is O=C1CCC2CN(C(=O)Cc3ccccn3)CCC2N1. The number of rotatable bonds is 2. The van der Waals surface area contributed by atoms with Gasteiger partial charge in [-0.2, -0.15) is 0 Å². The smallest absolute Gasteiger partial charge is 0.228 e. The molecular formula is C15H19N3O2. The number of hydrogen-bond acceptors (Lipinski definition) is 3. The third kappa shape index (κ3) is 2.81. The van der Waals surface area contributed by atoms with Crippen molar-refractivity contribution in [1.29, 1.82) is 0 Å². The molecule has 1 N–H and O–H groups in total. The third-order valence-corrected chi connectivity index (χ3v) is 4.23. The van der Waals surface area contributed by atoms with Gasteiger partial charge in [0.05, 0.1) is 6.42 Å². The van der Waals surface area contributed by atoms with Crippen LogP contribution in [0.25, 0.3) is 0 Å². The fraction of sp³-hybridized carbons (Fsp3) is 0.533. The largest absolute Gasteiger partial charge is 0.353 e. The number of amides is 2. The van der Waals surface area contributed by atoms with E-state index in [1.807, 2.05) is 23.1 Å². The van der Waals surface area contributed by atoms with Crippen molar-refractivity contribution in [2.45, 2.75) is 31.7 Å². The molecule has 0 saturated carbocycles. The van der Waals surface area contributed by atoms with Gasteiger partial charge in [0.15, 0.2) is 0 Å². The van der Waals surface area contributed by atoms with Gasteiger partial charge >= 0.3 is 0 Å². The Hall–Kier alpha value is -1.91. The van der Waals surface area contributed by atoms with Crippen molar-refractivity contribution >= 4 is 11.8 Å². The van der Waals surface area contributed by atoms with E-state index in [0.29, 0.717) is 18.8 Å². The fourth-order valence-corrected chi connectivity index (χ4v) is 3.11. The predicted octanol–water partition coefficient (Wildman–Crippen LogP) is 0.751. The Labute approximate surface area is 118 Å². The first-order valence-electron chi connectivity index (χ1n) is 7.19. The highest BCUT2D eigenvalue weighted by Gasteiger charge is 2.35. The topological polar surface area (TPSA) is 62.3 Å². The zero-order valence-electron chi connectivity index (χ0n) is 11.4. The number of piperidine rings is 2. The first-order chi connectivity index (χ1) is 9.72. The van der Waals surface area contributed by atoms with E-state index >= 15 is 0 Å². The zero-order valence-corrected chi connectivity index (χ0v) is 11.4. The van der Waals surface area contributed by atoms with Crippen molar-refractivity contribution < 1.29 is 9.59 Å². The summed E-state index contributed by atoms with van der Waals surface area (Å²) in [5.41, 5.74) is 0.816. The van der Waals surface area contributed by atoms with E-state index in [-0.39, 0.29) is 17.9 Å². The van der Waals surface area contributed by atoms with Gasteiger partial charge in [-0.1, -0.05) is 6.07 Å². The molecule has 1 aromatic rings. The highest BCUT2D eigenvalue weighted by Crippen LogP contribution is 2.25. The number of carbonyl (C=O) groups excluding carboxylic acids is 2. The summed E-state index contributed by atoms with van der Waals surface area (Å²) in [5.74, 6) is 0.702. The second kappa shape index (κ2) is 5.61. The summed E-state index contributed by atoms with van der Waals surface area (Å²) in [4.78, 5) is 29.8. The summed E-state index contributed by atoms with van der Waals surface area (Å²) in [6.07, 6.45) is 4.42. The molecule has 0 radical (unpaired) electrons. The molecule has 2 fully saturated rings. The Morgan fingerprint density at radius 2 is 2.30 bits per heavy atom. The van der Waals surface area contributed by atoms with Gasteiger partial charge in [0.1, 0.15) is 0 Å². The van der Waals surface area contributed by atoms with Crippen LogP contribution < -0.4 is 5.32 Å². The summed E-state index contributed by atoms with van der Waals surface area (Å²) >= 11 is 0. The summed E-state index contributed by atoms with van der Waals surface area (Å²) < 4.78 is 0. The average Bonchev–Trinajstić information content (AvgIpc) is 2.47. The number of nitrogens with one attached hydrogen (secondary N) is 1. The molecule has 1 aromatic heterocycles. The lowest BCUT2D eigenvalue weighted by molar-refractivity contribution is -0.134. The number of likely N-dealkylation sites (tertiary alicyclic amines) is 1. The van der Waals surface area contributed by atoms with Gasteiger partial charge in [0.25, 0.3) is 0 Å². The Morgan fingerprint density at radius 1 is 1.40 bits per heavy atom. The summed E-state index contributed by atoms with van der Waals surface area (Å²) in [6.45, 7) is 1.49. The minimum absolute atomic E-state index is 0.138. The molecule has 0 aliphatic carbocycles. The number of hydrogen-bond donors (Lipinski definition) is 1. The van der Waals surface area contributed by atoms with Crippen LogP contribution in [0.15, 0.2) is 24.4 Å². The van der Waals surface area contributed by atoms with Crippen LogP contribution in [-0.4, -0.2) is 40.8 Å². The molecule has 5 heteroatoms. The minimum Gasteiger partial charge on any atom is -0.353 e. The Bertz CT molecular complexity index is 503. The summed E-state index contributed by atoms with van der Waals surface area (Å²) in [5, 5.41) is 3.04. The maximum Gasteiger partial charge on any atom is 0.228 e. The minimum atomic E-state index is 0.138. The van der Waals surface area contributed by atoms with Gasteiger partial charge < -0.3 is 10.2 Å². The molecule has 3 heterocycles. The van der Waals surface area contributed by atoms with E-state index in [4.69, 9.17) is 0 Å². The monoisotopic (exact) mass is 273 g/mol. The van der Waals surface area contributed by atoms with Gasteiger partial charge in [-0.05, 0) is 30.9 Å². The van der Waals surface area contributed by atoms with Gasteiger partial charge in [-0.25, -0.2) is 0 Å². The molecule has 0 spiro atoms. The number of aromatic nitrogens is 1. The average molecular weight is 273 g/mol. The Balaban J connectivity index is 1.59. The van der Waals surface area contributed by atoms with Crippen LogP contribution >= 0.6 is 0 Å². The summed E-state index contributed by atoms with van der Waals surface area (Å²) in [6, 6.07) is 5.89. The van der Waals surface area contributed by atoms with Crippen LogP contribution in [0.3, 0.4) is 0 Å². The van der Waals surface area contributed by atoms with Crippen molar-refractivity contribution in [2.75, 3.05) is 13.1 Å². The van der Waals surface area contributed by atoms with Gasteiger partial charge in [-0.15, -0.1) is 0 Å². The molecule has 2 atom stereocenters. The maximum atomic E-state index is 12.3. The molecule has 20 heavy (non-hydrogen) atoms. The molecule has 5 nitrogen and oxygen atoms in total. The predicted molar refractivity (Wildman–Crippen MR) is 73.8 cm³/mol. The van der Waals surface area contributed by atoms with E-state index in [9.17, 15) is 9.59 Å². The summed E-state index contributed by atoms with van der Waals surface area (Å²) in [7, 11) is 0. The molecule has 2 unspecified atom stereocenters. The van der Waals surface area contributed by atoms with Crippen molar-refractivity contribution in [3.05, 3.63) is 30.1 Å². The van der Waals surface area contributed by atoms with E-state index in [0.717, 1.165) is 31.6 Å². The Morgan fingerprint density at radius 3 is 3.10 bits per heavy atom. The lowest BCUT2D eigenvalue weighted by atomic mass is 9.85. The quantitative estimate of drug-likeness (QED) is 0.865. The molecule has 0 aromatic carbocycles. The molecule has 2 aliphatic rings. The standard InChI is InChI=1S/C15H19N3O2/c19-14-5-4-11-10-18(8-6-13(11)17-14)15(20)9-12-3-1-2-7-16-12/h1-3,7,11,13H,4-6,8-10H2,(H,17,19). The van der Waals surface area contributed by atoms with Crippen molar-refractivity contribution in [3.63, 3.8) is 0 Å². The second-order valence-corrected chi connectivity index (χ2v) is 5.60. The van der Waals surface area contributed by atoms with Crippen molar-refractivity contribution in [2.24, 2.45) is 5.92 Å². The molecule has 2 amide bonds. The maximum absolute atomic E-state index is 12.3. The molecule has 106 valence electrons. The zero-order chi connectivity index (χ0) is 13.9. The fourth-order valence-electron chi connectivity index (χ4n) is 3.11. The Kier molecular flexibility index (Phi) is 3.67. The number of fused-ring (bicyclic) bond motifs is 1. The first-order valence-corrected chi connectivity index (χ1v) is 7.19. The highest BCUT2D eigenvalue weighted by molar-refractivity contribution is 5.79. The van der Waals surface area contributed by atoms with E-state index in [2.05, 4.69) is 10.3 Å². The second-order valence-electron chi connectivity index (χ2n) is 5.60. The highest BCUT2D eigenvalue weighted by atomic mass is 16.2. The van der Waals surface area contributed by atoms with Crippen LogP contribution in [0.4, 0.5) is 0 Å².